The van der Waals surface area contributed by atoms with Crippen LogP contribution in [-0.4, -0.2) is 12.1 Å². The maximum Gasteiger partial charge on any atom is 0.0136 e. The van der Waals surface area contributed by atoms with E-state index >= 15 is 0 Å². The summed E-state index contributed by atoms with van der Waals surface area (Å²) < 4.78 is 0. The molecular formula is C12H23N. The van der Waals surface area contributed by atoms with Crippen molar-refractivity contribution in [1.82, 2.24) is 5.32 Å². The van der Waals surface area contributed by atoms with Gasteiger partial charge >= 0.3 is 0 Å². The van der Waals surface area contributed by atoms with Crippen LogP contribution in [0.4, 0.5) is 0 Å². The molecule has 76 valence electrons. The molecule has 4 unspecified atom stereocenters. The van der Waals surface area contributed by atoms with Gasteiger partial charge in [0.2, 0.25) is 0 Å². The van der Waals surface area contributed by atoms with Crippen LogP contribution in [0, 0.1) is 23.2 Å². The third-order valence-corrected chi connectivity index (χ3v) is 3.95. The highest BCUT2D eigenvalue weighted by molar-refractivity contribution is 5.13. The van der Waals surface area contributed by atoms with Crippen LogP contribution in [0.5, 0.6) is 0 Å². The highest BCUT2D eigenvalue weighted by Gasteiger charge is 2.58. The van der Waals surface area contributed by atoms with Gasteiger partial charge in [-0.2, -0.15) is 0 Å². The standard InChI is InChI=1S/C12H23N/c1-7(2)10-8-6-9(12(3,4)5)13-11(8)10/h7-11,13H,6H2,1-5H3. The zero-order chi connectivity index (χ0) is 9.80. The zero-order valence-corrected chi connectivity index (χ0v) is 9.59. The van der Waals surface area contributed by atoms with E-state index in [1.165, 1.54) is 6.42 Å². The Morgan fingerprint density at radius 3 is 2.15 bits per heavy atom. The van der Waals surface area contributed by atoms with Crippen molar-refractivity contribution in [1.29, 1.82) is 0 Å². The predicted octanol–water partition coefficient (Wildman–Crippen LogP) is 2.67. The third kappa shape index (κ3) is 1.52. The summed E-state index contributed by atoms with van der Waals surface area (Å²) in [5, 5.41) is 3.80. The lowest BCUT2D eigenvalue weighted by Gasteiger charge is -2.30. The van der Waals surface area contributed by atoms with Gasteiger partial charge in [0.25, 0.3) is 0 Å². The molecule has 1 aliphatic carbocycles. The van der Waals surface area contributed by atoms with E-state index in [1.54, 1.807) is 0 Å². The molecule has 0 aromatic rings. The maximum atomic E-state index is 3.80. The molecule has 4 atom stereocenters. The Hall–Kier alpha value is -0.0400. The Labute approximate surface area is 82.3 Å². The monoisotopic (exact) mass is 181 g/mol. The van der Waals surface area contributed by atoms with Crippen LogP contribution in [0.25, 0.3) is 0 Å². The number of hydrogen-bond donors (Lipinski definition) is 1. The summed E-state index contributed by atoms with van der Waals surface area (Å²) in [5.74, 6) is 2.87. The van der Waals surface area contributed by atoms with Gasteiger partial charge in [-0.25, -0.2) is 0 Å². The fourth-order valence-corrected chi connectivity index (χ4v) is 3.02. The molecule has 1 saturated heterocycles. The molecule has 13 heavy (non-hydrogen) atoms. The van der Waals surface area contributed by atoms with E-state index in [9.17, 15) is 0 Å². The lowest BCUT2D eigenvalue weighted by molar-refractivity contribution is 0.255. The van der Waals surface area contributed by atoms with E-state index in [2.05, 4.69) is 39.9 Å². The summed E-state index contributed by atoms with van der Waals surface area (Å²) in [7, 11) is 0. The molecule has 1 saturated carbocycles. The van der Waals surface area contributed by atoms with E-state index in [4.69, 9.17) is 0 Å². The van der Waals surface area contributed by atoms with E-state index in [-0.39, 0.29) is 0 Å². The molecular weight excluding hydrogens is 158 g/mol. The van der Waals surface area contributed by atoms with Gasteiger partial charge in [-0.05, 0) is 29.6 Å². The second-order valence-electron chi connectivity index (χ2n) is 6.33. The average molecular weight is 181 g/mol. The van der Waals surface area contributed by atoms with Crippen molar-refractivity contribution in [3.63, 3.8) is 0 Å². The van der Waals surface area contributed by atoms with Gasteiger partial charge < -0.3 is 5.32 Å². The minimum absolute atomic E-state index is 0.453. The van der Waals surface area contributed by atoms with Crippen LogP contribution in [0.15, 0.2) is 0 Å². The molecule has 1 N–H and O–H groups in total. The molecule has 1 nitrogen and oxygen atoms in total. The second-order valence-corrected chi connectivity index (χ2v) is 6.33. The Kier molecular flexibility index (Phi) is 1.99. The van der Waals surface area contributed by atoms with E-state index < -0.39 is 0 Å². The number of nitrogens with one attached hydrogen (secondary N) is 1. The van der Waals surface area contributed by atoms with Crippen LogP contribution < -0.4 is 5.32 Å². The van der Waals surface area contributed by atoms with E-state index in [0.29, 0.717) is 5.41 Å². The third-order valence-electron chi connectivity index (χ3n) is 3.95. The van der Waals surface area contributed by atoms with Crippen molar-refractivity contribution in [3.05, 3.63) is 0 Å². The van der Waals surface area contributed by atoms with Crippen LogP contribution in [0.2, 0.25) is 0 Å². The SMILES string of the molecule is CC(C)C1C2CC(C(C)(C)C)NC21. The fraction of sp³-hybridized carbons (Fsp3) is 1.00. The second kappa shape index (κ2) is 2.73. The van der Waals surface area contributed by atoms with Gasteiger partial charge in [0.05, 0.1) is 0 Å². The Bertz CT molecular complexity index is 190. The Morgan fingerprint density at radius 2 is 1.85 bits per heavy atom. The summed E-state index contributed by atoms with van der Waals surface area (Å²) >= 11 is 0. The van der Waals surface area contributed by atoms with Crippen molar-refractivity contribution >= 4 is 0 Å². The highest BCUT2D eigenvalue weighted by Crippen LogP contribution is 2.53. The topological polar surface area (TPSA) is 12.0 Å². The smallest absolute Gasteiger partial charge is 0.0136 e. The number of piperidine rings is 1. The van der Waals surface area contributed by atoms with Gasteiger partial charge in [0.15, 0.2) is 0 Å². The first-order chi connectivity index (χ1) is 5.91. The fourth-order valence-electron chi connectivity index (χ4n) is 3.02. The van der Waals surface area contributed by atoms with Crippen molar-refractivity contribution in [3.8, 4) is 0 Å². The van der Waals surface area contributed by atoms with Crippen LogP contribution in [-0.2, 0) is 0 Å². The van der Waals surface area contributed by atoms with Crippen molar-refractivity contribution in [2.75, 3.05) is 0 Å². The zero-order valence-electron chi connectivity index (χ0n) is 9.59. The lowest BCUT2D eigenvalue weighted by atomic mass is 9.84. The van der Waals surface area contributed by atoms with Crippen molar-refractivity contribution < 1.29 is 0 Å². The van der Waals surface area contributed by atoms with Gasteiger partial charge in [0.1, 0.15) is 0 Å². The first-order valence-electron chi connectivity index (χ1n) is 5.67. The largest absolute Gasteiger partial charge is 0.310 e. The highest BCUT2D eigenvalue weighted by atomic mass is 15.1. The van der Waals surface area contributed by atoms with Gasteiger partial charge in [-0.15, -0.1) is 0 Å². The van der Waals surface area contributed by atoms with Crippen molar-refractivity contribution in [2.24, 2.45) is 23.2 Å². The van der Waals surface area contributed by atoms with Gasteiger partial charge in [-0.3, -0.25) is 0 Å². The molecule has 0 aromatic heterocycles. The summed E-state index contributed by atoms with van der Waals surface area (Å²) in [4.78, 5) is 0. The molecule has 1 heterocycles. The van der Waals surface area contributed by atoms with Gasteiger partial charge in [0, 0.05) is 12.1 Å². The van der Waals surface area contributed by atoms with Crippen LogP contribution in [0.3, 0.4) is 0 Å². The molecule has 2 fully saturated rings. The molecule has 2 rings (SSSR count). The molecule has 1 aliphatic heterocycles. The molecule has 0 aromatic carbocycles. The first kappa shape index (κ1) is 9.51. The predicted molar refractivity (Wildman–Crippen MR) is 56.6 cm³/mol. The number of rotatable bonds is 1. The molecule has 2 aliphatic rings. The Morgan fingerprint density at radius 1 is 1.23 bits per heavy atom. The number of hydrogen-bond acceptors (Lipinski definition) is 1. The van der Waals surface area contributed by atoms with Crippen LogP contribution >= 0.6 is 0 Å². The minimum atomic E-state index is 0.453. The lowest BCUT2D eigenvalue weighted by Crippen LogP contribution is -2.39. The maximum absolute atomic E-state index is 3.80. The number of fused-ring (bicyclic) bond motifs is 1. The first-order valence-corrected chi connectivity index (χ1v) is 5.67. The quantitative estimate of drug-likeness (QED) is 0.656. The van der Waals surface area contributed by atoms with Crippen LogP contribution in [0.1, 0.15) is 41.0 Å². The molecule has 1 heteroatoms. The van der Waals surface area contributed by atoms with Gasteiger partial charge in [-0.1, -0.05) is 34.6 Å². The molecule has 0 bridgehead atoms. The van der Waals surface area contributed by atoms with E-state index in [0.717, 1.165) is 29.8 Å². The summed E-state index contributed by atoms with van der Waals surface area (Å²) in [6, 6.07) is 1.63. The molecule has 0 amide bonds. The normalized spacial score (nSPS) is 43.8. The summed E-state index contributed by atoms with van der Waals surface area (Å²) in [5.41, 5.74) is 0.453. The summed E-state index contributed by atoms with van der Waals surface area (Å²) in [6.45, 7) is 11.8. The van der Waals surface area contributed by atoms with E-state index in [1.807, 2.05) is 0 Å². The molecule has 0 radical (unpaired) electrons. The summed E-state index contributed by atoms with van der Waals surface area (Å²) in [6.07, 6.45) is 1.41. The Balaban J connectivity index is 1.90. The minimum Gasteiger partial charge on any atom is -0.310 e. The molecule has 0 spiro atoms. The van der Waals surface area contributed by atoms with Crippen molar-refractivity contribution in [2.45, 2.75) is 53.1 Å². The average Bonchev–Trinajstić information content (AvgIpc) is 2.46.